The third kappa shape index (κ3) is 14.0. The Bertz CT molecular complexity index is 1030. The Labute approximate surface area is 277 Å². The number of hydrogen-bond donors (Lipinski definition) is 2. The van der Waals surface area contributed by atoms with E-state index in [4.69, 9.17) is 23.7 Å². The molecule has 9 nitrogen and oxygen atoms in total. The van der Waals surface area contributed by atoms with Crippen LogP contribution < -0.4 is 5.32 Å². The molecule has 0 aromatic heterocycles. The molecule has 262 valence electrons. The Kier molecular flexibility index (Phi) is 15.9. The number of ether oxygens (including phenoxy) is 5. The highest BCUT2D eigenvalue weighted by Gasteiger charge is 2.51. The molecule has 0 unspecified atom stereocenters. The van der Waals surface area contributed by atoms with Crippen LogP contribution in [-0.2, 0) is 39.9 Å². The van der Waals surface area contributed by atoms with Gasteiger partial charge in [0.1, 0.15) is 23.9 Å². The molecule has 2 aliphatic heterocycles. The quantitative estimate of drug-likeness (QED) is 0.125. The second-order valence-corrected chi connectivity index (χ2v) is 14.5. The Morgan fingerprint density at radius 1 is 1.02 bits per heavy atom. The average Bonchev–Trinajstić information content (AvgIpc) is 2.99. The predicted molar refractivity (Wildman–Crippen MR) is 178 cm³/mol. The number of aliphatic hydroxyl groups excluding tert-OH is 1. The number of carbonyl (C=O) groups is 2. The van der Waals surface area contributed by atoms with Crippen molar-refractivity contribution in [3.05, 3.63) is 35.9 Å². The molecule has 1 aromatic rings. The van der Waals surface area contributed by atoms with E-state index in [-0.39, 0.29) is 43.8 Å². The van der Waals surface area contributed by atoms with Gasteiger partial charge in [-0.05, 0) is 53.0 Å². The summed E-state index contributed by atoms with van der Waals surface area (Å²) in [5, 5.41) is 14.6. The molecule has 0 spiro atoms. The van der Waals surface area contributed by atoms with E-state index in [1.165, 1.54) is 44.9 Å². The molecule has 9 heteroatoms. The van der Waals surface area contributed by atoms with E-state index in [0.717, 1.165) is 24.8 Å². The summed E-state index contributed by atoms with van der Waals surface area (Å²) in [5.74, 6) is -1.48. The smallest absolute Gasteiger partial charge is 0.306 e. The van der Waals surface area contributed by atoms with E-state index >= 15 is 0 Å². The predicted octanol–water partition coefficient (Wildman–Crippen LogP) is 6.77. The van der Waals surface area contributed by atoms with Crippen molar-refractivity contribution < 1.29 is 38.4 Å². The van der Waals surface area contributed by atoms with Crippen molar-refractivity contribution in [1.82, 2.24) is 5.32 Å². The maximum absolute atomic E-state index is 13.6. The number of amides is 1. The number of hydrogen-bond acceptors (Lipinski definition) is 8. The zero-order valence-electron chi connectivity index (χ0n) is 29.3. The maximum atomic E-state index is 13.6. The van der Waals surface area contributed by atoms with Crippen molar-refractivity contribution in [3.8, 4) is 0 Å². The second-order valence-electron chi connectivity index (χ2n) is 14.5. The van der Waals surface area contributed by atoms with E-state index in [9.17, 15) is 14.7 Å². The molecule has 0 radical (unpaired) electrons. The number of aliphatic hydroxyl groups is 1. The zero-order chi connectivity index (χ0) is 33.6. The van der Waals surface area contributed by atoms with E-state index in [0.29, 0.717) is 6.61 Å². The van der Waals surface area contributed by atoms with Gasteiger partial charge < -0.3 is 34.1 Å². The van der Waals surface area contributed by atoms with Crippen LogP contribution in [-0.4, -0.2) is 71.5 Å². The number of benzene rings is 1. The first kappa shape index (κ1) is 38.4. The molecular weight excluding hydrogens is 586 g/mol. The van der Waals surface area contributed by atoms with Crippen LogP contribution in [0.15, 0.2) is 30.3 Å². The van der Waals surface area contributed by atoms with E-state index < -0.39 is 41.8 Å². The van der Waals surface area contributed by atoms with Gasteiger partial charge in [0.25, 0.3) is 0 Å². The minimum absolute atomic E-state index is 0.0903. The summed E-state index contributed by atoms with van der Waals surface area (Å²) in [6.45, 7) is 12.0. The van der Waals surface area contributed by atoms with Gasteiger partial charge in [-0.1, -0.05) is 95.0 Å². The van der Waals surface area contributed by atoms with E-state index in [1.54, 1.807) is 13.8 Å². The highest BCUT2D eigenvalue weighted by Crippen LogP contribution is 2.34. The van der Waals surface area contributed by atoms with Crippen LogP contribution in [0.3, 0.4) is 0 Å². The van der Waals surface area contributed by atoms with Crippen molar-refractivity contribution in [1.29, 1.82) is 0 Å². The molecule has 2 fully saturated rings. The minimum atomic E-state index is -1.05. The number of rotatable bonds is 19. The summed E-state index contributed by atoms with van der Waals surface area (Å²) in [6.07, 6.45) is 9.20. The topological polar surface area (TPSA) is 113 Å². The fourth-order valence-corrected chi connectivity index (χ4v) is 6.20. The van der Waals surface area contributed by atoms with Gasteiger partial charge in [-0.2, -0.15) is 0 Å². The summed E-state index contributed by atoms with van der Waals surface area (Å²) in [7, 11) is 0. The third-order valence-corrected chi connectivity index (χ3v) is 8.59. The Hall–Kier alpha value is -2.04. The molecule has 1 aromatic carbocycles. The molecule has 0 aliphatic carbocycles. The van der Waals surface area contributed by atoms with Crippen molar-refractivity contribution >= 4 is 11.9 Å². The Balaban J connectivity index is 1.62. The van der Waals surface area contributed by atoms with E-state index in [2.05, 4.69) is 12.2 Å². The molecule has 0 saturated carbocycles. The Morgan fingerprint density at radius 2 is 1.67 bits per heavy atom. The number of carbonyl (C=O) groups excluding carboxylic acids is 2. The molecule has 3 rings (SSSR count). The van der Waals surface area contributed by atoms with Gasteiger partial charge >= 0.3 is 5.97 Å². The van der Waals surface area contributed by atoms with Crippen LogP contribution in [0.4, 0.5) is 0 Å². The molecule has 6 atom stereocenters. The number of unbranched alkanes of at least 4 members (excludes halogenated alkanes) is 8. The highest BCUT2D eigenvalue weighted by atomic mass is 16.7. The summed E-state index contributed by atoms with van der Waals surface area (Å²) in [4.78, 5) is 26.1. The molecular formula is C37H61NO8. The van der Waals surface area contributed by atoms with Gasteiger partial charge in [-0.25, -0.2) is 0 Å². The summed E-state index contributed by atoms with van der Waals surface area (Å²) < 4.78 is 30.0. The van der Waals surface area contributed by atoms with Crippen LogP contribution in [0.2, 0.25) is 0 Å². The van der Waals surface area contributed by atoms with Gasteiger partial charge in [0.05, 0.1) is 37.9 Å². The molecule has 2 aliphatic rings. The lowest BCUT2D eigenvalue weighted by Crippen LogP contribution is -2.68. The summed E-state index contributed by atoms with van der Waals surface area (Å²) in [6, 6.07) is 9.21. The second kappa shape index (κ2) is 19.1. The van der Waals surface area contributed by atoms with Crippen molar-refractivity contribution in [3.63, 3.8) is 0 Å². The van der Waals surface area contributed by atoms with Crippen molar-refractivity contribution in [2.75, 3.05) is 6.61 Å². The molecule has 1 amide bonds. The highest BCUT2D eigenvalue weighted by molar-refractivity contribution is 5.77. The molecule has 46 heavy (non-hydrogen) atoms. The summed E-state index contributed by atoms with van der Waals surface area (Å²) >= 11 is 0. The fourth-order valence-electron chi connectivity index (χ4n) is 6.20. The minimum Gasteiger partial charge on any atom is -0.460 e. The first-order valence-corrected chi connectivity index (χ1v) is 17.7. The monoisotopic (exact) mass is 647 g/mol. The third-order valence-electron chi connectivity index (χ3n) is 8.59. The number of esters is 1. The normalized spacial score (nSPS) is 25.0. The van der Waals surface area contributed by atoms with Crippen molar-refractivity contribution in [2.24, 2.45) is 0 Å². The molecule has 2 N–H and O–H groups in total. The van der Waals surface area contributed by atoms with Gasteiger partial charge in [-0.15, -0.1) is 0 Å². The van der Waals surface area contributed by atoms with Crippen LogP contribution in [0.1, 0.15) is 131 Å². The van der Waals surface area contributed by atoms with Crippen LogP contribution in [0.5, 0.6) is 0 Å². The lowest BCUT2D eigenvalue weighted by molar-refractivity contribution is -0.348. The zero-order valence-corrected chi connectivity index (χ0v) is 29.3. The number of nitrogens with one attached hydrogen (secondary N) is 1. The van der Waals surface area contributed by atoms with Crippen LogP contribution in [0.25, 0.3) is 0 Å². The lowest BCUT2D eigenvalue weighted by atomic mass is 9.89. The largest absolute Gasteiger partial charge is 0.460 e. The van der Waals surface area contributed by atoms with Crippen LogP contribution in [0, 0.1) is 0 Å². The van der Waals surface area contributed by atoms with Gasteiger partial charge in [0, 0.05) is 6.42 Å². The van der Waals surface area contributed by atoms with Crippen LogP contribution >= 0.6 is 0 Å². The van der Waals surface area contributed by atoms with Crippen molar-refractivity contribution in [2.45, 2.75) is 180 Å². The fraction of sp³-hybridized carbons (Fsp3) is 0.784. The first-order chi connectivity index (χ1) is 21.9. The van der Waals surface area contributed by atoms with Gasteiger partial charge in [-0.3, -0.25) is 9.59 Å². The standard InChI is InChI=1S/C37H61NO8/c1-7-8-9-10-11-12-13-14-18-21-28(42-25-27-19-16-15-17-20-27)24-31(39)38-33-29(22-23-32(40)45-36(2,3)4)44-30-26-43-37(5,6)46-35(30)34(33)41/h15-17,19-20,28-30,33-35,41H,7-14,18,21-26H2,1-6H3,(H,38,39)/t28-,29-,30-,33+,34-,35-/m1/s1. The van der Waals surface area contributed by atoms with Gasteiger partial charge in [0.15, 0.2) is 5.79 Å². The molecule has 2 saturated heterocycles. The lowest BCUT2D eigenvalue weighted by Gasteiger charge is -2.50. The number of fused-ring (bicyclic) bond motifs is 1. The molecule has 2 heterocycles. The first-order valence-electron chi connectivity index (χ1n) is 17.7. The average molecular weight is 648 g/mol. The SMILES string of the molecule is CCCCCCCCCCC[C@H](CC(=O)N[C@@H]1[C@@H](O)[C@@H]2OC(C)(C)OC[C@H]2O[C@@H]1CCC(=O)OC(C)(C)C)OCc1ccccc1. The summed E-state index contributed by atoms with van der Waals surface area (Å²) in [5.41, 5.74) is 0.451. The molecule has 0 bridgehead atoms. The van der Waals surface area contributed by atoms with E-state index in [1.807, 2.05) is 51.1 Å². The maximum Gasteiger partial charge on any atom is 0.306 e. The Morgan fingerprint density at radius 3 is 2.33 bits per heavy atom. The van der Waals surface area contributed by atoms with Gasteiger partial charge in [0.2, 0.25) is 5.91 Å².